The number of hydrogen-bond donors (Lipinski definition) is 2. The Kier molecular flexibility index (Phi) is 6.73. The molecule has 0 aliphatic carbocycles. The molecule has 0 fully saturated rings. The summed E-state index contributed by atoms with van der Waals surface area (Å²) in [5, 5.41) is 2.63. The monoisotopic (exact) mass is 473 g/mol. The van der Waals surface area contributed by atoms with Gasteiger partial charge in [0.1, 0.15) is 17.5 Å². The summed E-state index contributed by atoms with van der Waals surface area (Å²) in [7, 11) is 1.54. The molecule has 35 heavy (non-hydrogen) atoms. The van der Waals surface area contributed by atoms with Gasteiger partial charge in [0.05, 0.1) is 18.7 Å². The molecule has 8 heteroatoms. The molecule has 0 saturated carbocycles. The van der Waals surface area contributed by atoms with Gasteiger partial charge in [0.15, 0.2) is 6.61 Å². The van der Waals surface area contributed by atoms with Crippen LogP contribution in [0.15, 0.2) is 66.7 Å². The third kappa shape index (κ3) is 4.68. The largest absolute Gasteiger partial charge is 0.497 e. The van der Waals surface area contributed by atoms with Crippen LogP contribution < -0.4 is 25.4 Å². The highest BCUT2D eigenvalue weighted by atomic mass is 16.5. The lowest BCUT2D eigenvalue weighted by molar-refractivity contribution is -0.131. The molecule has 4 rings (SSSR count). The van der Waals surface area contributed by atoms with E-state index in [4.69, 9.17) is 15.2 Å². The van der Waals surface area contributed by atoms with E-state index in [1.165, 1.54) is 14.0 Å². The molecule has 8 nitrogen and oxygen atoms in total. The number of imide groups is 1. The number of anilines is 2. The first-order valence-corrected chi connectivity index (χ1v) is 11.2. The number of carbonyl (C=O) groups is 3. The lowest BCUT2D eigenvalue weighted by Gasteiger charge is -2.26. The van der Waals surface area contributed by atoms with Crippen LogP contribution in [0.25, 0.3) is 11.1 Å². The van der Waals surface area contributed by atoms with Crippen molar-refractivity contribution in [3.8, 4) is 22.6 Å². The zero-order chi connectivity index (χ0) is 25.1. The van der Waals surface area contributed by atoms with Crippen LogP contribution in [0.3, 0.4) is 0 Å². The molecule has 0 aromatic heterocycles. The third-order valence-corrected chi connectivity index (χ3v) is 5.98. The minimum Gasteiger partial charge on any atom is -0.497 e. The number of rotatable bonds is 6. The van der Waals surface area contributed by atoms with Gasteiger partial charge >= 0.3 is 0 Å². The van der Waals surface area contributed by atoms with Crippen molar-refractivity contribution in [3.63, 3.8) is 0 Å². The maximum absolute atomic E-state index is 13.5. The van der Waals surface area contributed by atoms with E-state index < -0.39 is 23.8 Å². The molecular formula is C27H27N3O5. The van der Waals surface area contributed by atoms with Crippen LogP contribution in [0.4, 0.5) is 11.4 Å². The second-order valence-corrected chi connectivity index (χ2v) is 8.32. The Morgan fingerprint density at radius 2 is 1.77 bits per heavy atom. The number of nitrogens with zero attached hydrogens (tertiary/aromatic N) is 1. The van der Waals surface area contributed by atoms with Crippen molar-refractivity contribution in [2.45, 2.75) is 25.8 Å². The van der Waals surface area contributed by atoms with E-state index in [0.29, 0.717) is 28.4 Å². The van der Waals surface area contributed by atoms with Gasteiger partial charge in [-0.25, -0.2) is 4.90 Å². The van der Waals surface area contributed by atoms with Crippen molar-refractivity contribution in [1.29, 1.82) is 0 Å². The lowest BCUT2D eigenvalue weighted by atomic mass is 9.92. The van der Waals surface area contributed by atoms with Crippen molar-refractivity contribution in [3.05, 3.63) is 72.3 Å². The normalized spacial score (nSPS) is 15.3. The number of hydrogen-bond acceptors (Lipinski definition) is 6. The second-order valence-electron chi connectivity index (χ2n) is 8.32. The minimum atomic E-state index is -0.983. The van der Waals surface area contributed by atoms with E-state index in [2.05, 4.69) is 5.32 Å². The van der Waals surface area contributed by atoms with Gasteiger partial charge in [-0.2, -0.15) is 0 Å². The number of carbonyl (C=O) groups excluding carboxylic acids is 3. The smallest absolute Gasteiger partial charge is 0.258 e. The first kappa shape index (κ1) is 23.8. The van der Waals surface area contributed by atoms with Gasteiger partial charge in [-0.05, 0) is 49.2 Å². The Morgan fingerprint density at radius 3 is 2.54 bits per heavy atom. The Morgan fingerprint density at radius 1 is 1.06 bits per heavy atom. The summed E-state index contributed by atoms with van der Waals surface area (Å²) < 4.78 is 10.7. The standard InChI is InChI=1S/C27H27N3O5/c1-16-20-10-4-5-11-21(20)25-22(28)12-7-13-23(25)30(26(16)32)27(33)17(2)29-24(31)15-35-19-9-6-8-18(14-19)34-3/h4-14,16-17H,15,28H2,1-3H3,(H,29,31)/t16?,17-/m0/s1. The molecule has 1 aliphatic heterocycles. The molecule has 3 amide bonds. The SMILES string of the molecule is COc1cccc(OCC(=O)N[C@@H](C)C(=O)N2C(=O)C(C)c3ccccc3-c3c(N)cccc32)c1. The lowest BCUT2D eigenvalue weighted by Crippen LogP contribution is -2.51. The first-order valence-electron chi connectivity index (χ1n) is 11.2. The molecule has 1 aliphatic rings. The Balaban J connectivity index is 1.56. The Hall–Kier alpha value is -4.33. The fraction of sp³-hybridized carbons (Fsp3) is 0.222. The van der Waals surface area contributed by atoms with Gasteiger partial charge in [-0.3, -0.25) is 14.4 Å². The second kappa shape index (κ2) is 9.89. The van der Waals surface area contributed by atoms with E-state index in [1.54, 1.807) is 49.4 Å². The van der Waals surface area contributed by atoms with Crippen LogP contribution in [0.2, 0.25) is 0 Å². The maximum atomic E-state index is 13.5. The summed E-state index contributed by atoms with van der Waals surface area (Å²) in [5.74, 6) is -0.977. The number of nitrogens with one attached hydrogen (secondary N) is 1. The number of benzene rings is 3. The van der Waals surface area contributed by atoms with Gasteiger partial charge in [-0.1, -0.05) is 36.4 Å². The van der Waals surface area contributed by atoms with Crippen molar-refractivity contribution < 1.29 is 23.9 Å². The van der Waals surface area contributed by atoms with Gasteiger partial charge in [0.25, 0.3) is 11.8 Å². The molecule has 3 aromatic rings. The number of nitrogens with two attached hydrogens (primary N) is 1. The molecule has 3 aromatic carbocycles. The number of ether oxygens (including phenoxy) is 2. The fourth-order valence-electron chi connectivity index (χ4n) is 4.19. The van der Waals surface area contributed by atoms with Crippen LogP contribution in [0.5, 0.6) is 11.5 Å². The summed E-state index contributed by atoms with van der Waals surface area (Å²) in [6.07, 6.45) is 0. The zero-order valence-electron chi connectivity index (χ0n) is 19.8. The number of methoxy groups -OCH3 is 1. The maximum Gasteiger partial charge on any atom is 0.258 e. The molecular weight excluding hydrogens is 446 g/mol. The van der Waals surface area contributed by atoms with Gasteiger partial charge in [0.2, 0.25) is 5.91 Å². The third-order valence-electron chi connectivity index (χ3n) is 5.98. The van der Waals surface area contributed by atoms with Crippen molar-refractivity contribution in [2.75, 3.05) is 24.4 Å². The highest BCUT2D eigenvalue weighted by molar-refractivity contribution is 6.22. The summed E-state index contributed by atoms with van der Waals surface area (Å²) >= 11 is 0. The summed E-state index contributed by atoms with van der Waals surface area (Å²) in [5.41, 5.74) is 9.37. The Labute approximate surface area is 203 Å². The molecule has 0 saturated heterocycles. The molecule has 1 heterocycles. The average molecular weight is 474 g/mol. The van der Waals surface area contributed by atoms with E-state index in [9.17, 15) is 14.4 Å². The van der Waals surface area contributed by atoms with E-state index in [0.717, 1.165) is 16.0 Å². The molecule has 2 atom stereocenters. The average Bonchev–Trinajstić information content (AvgIpc) is 2.96. The first-order chi connectivity index (χ1) is 16.8. The van der Waals surface area contributed by atoms with Gasteiger partial charge in [0, 0.05) is 17.3 Å². The predicted octanol–water partition coefficient (Wildman–Crippen LogP) is 3.50. The van der Waals surface area contributed by atoms with Crippen LogP contribution >= 0.6 is 0 Å². The molecule has 0 bridgehead atoms. The number of fused-ring (bicyclic) bond motifs is 3. The van der Waals surface area contributed by atoms with Crippen molar-refractivity contribution in [2.24, 2.45) is 0 Å². The van der Waals surface area contributed by atoms with Crippen LogP contribution in [0.1, 0.15) is 25.3 Å². The quantitative estimate of drug-likeness (QED) is 0.530. The summed E-state index contributed by atoms with van der Waals surface area (Å²) in [4.78, 5) is 40.7. The molecule has 180 valence electrons. The van der Waals surface area contributed by atoms with Crippen molar-refractivity contribution >= 4 is 29.1 Å². The van der Waals surface area contributed by atoms with Gasteiger partial charge in [-0.15, -0.1) is 0 Å². The predicted molar refractivity (Wildman–Crippen MR) is 133 cm³/mol. The van der Waals surface area contributed by atoms with Gasteiger partial charge < -0.3 is 20.5 Å². The molecule has 0 spiro atoms. The topological polar surface area (TPSA) is 111 Å². The molecule has 3 N–H and O–H groups in total. The molecule has 1 unspecified atom stereocenters. The highest BCUT2D eigenvalue weighted by Crippen LogP contribution is 2.44. The summed E-state index contributed by atoms with van der Waals surface area (Å²) in [6.45, 7) is 2.99. The zero-order valence-corrected chi connectivity index (χ0v) is 19.8. The minimum absolute atomic E-state index is 0.301. The summed E-state index contributed by atoms with van der Waals surface area (Å²) in [6, 6.07) is 18.5. The number of amides is 3. The van der Waals surface area contributed by atoms with Crippen molar-refractivity contribution in [1.82, 2.24) is 5.32 Å². The van der Waals surface area contributed by atoms with Crippen LogP contribution in [-0.2, 0) is 14.4 Å². The molecule has 0 radical (unpaired) electrons. The Bertz CT molecular complexity index is 1290. The highest BCUT2D eigenvalue weighted by Gasteiger charge is 2.37. The van der Waals surface area contributed by atoms with E-state index in [1.807, 2.05) is 24.3 Å². The number of nitrogen functional groups attached to an aromatic ring is 1. The van der Waals surface area contributed by atoms with E-state index >= 15 is 0 Å². The fourth-order valence-corrected chi connectivity index (χ4v) is 4.19. The van der Waals surface area contributed by atoms with E-state index in [-0.39, 0.29) is 12.5 Å². The van der Waals surface area contributed by atoms with Crippen LogP contribution in [0, 0.1) is 0 Å². The van der Waals surface area contributed by atoms with Crippen LogP contribution in [-0.4, -0.2) is 37.5 Å².